The number of amides is 1. The number of nitrogens with zero attached hydrogens (tertiary/aromatic N) is 1. The number of carbonyl (C=O) groups excluding carboxylic acids is 1. The van der Waals surface area contributed by atoms with Crippen LogP contribution >= 0.6 is 11.6 Å². The number of carbonyl (C=O) groups is 1. The first-order valence-corrected chi connectivity index (χ1v) is 8.75. The Kier molecular flexibility index (Phi) is 5.62. The number of benzene rings is 2. The Balaban J connectivity index is 1.86. The standard InChI is InChI=1S/C21H19ClN2O3/c1-14-6-8-19(27-2)18(10-14)23-21(26)16-7-9-20(25)24(13-16)12-15-4-3-5-17(22)11-15/h3-11,13H,12H2,1-2H3,(H,23,26). The molecule has 2 aromatic carbocycles. The quantitative estimate of drug-likeness (QED) is 0.722. The summed E-state index contributed by atoms with van der Waals surface area (Å²) in [6.07, 6.45) is 1.54. The fourth-order valence-electron chi connectivity index (χ4n) is 2.74. The van der Waals surface area contributed by atoms with E-state index >= 15 is 0 Å². The maximum Gasteiger partial charge on any atom is 0.257 e. The molecule has 0 unspecified atom stereocenters. The molecule has 6 heteroatoms. The van der Waals surface area contributed by atoms with Gasteiger partial charge in [-0.15, -0.1) is 0 Å². The summed E-state index contributed by atoms with van der Waals surface area (Å²) in [5, 5.41) is 3.44. The summed E-state index contributed by atoms with van der Waals surface area (Å²) >= 11 is 6.00. The summed E-state index contributed by atoms with van der Waals surface area (Å²) < 4.78 is 6.77. The maximum atomic E-state index is 12.7. The number of ether oxygens (including phenoxy) is 1. The molecule has 3 aromatic rings. The average Bonchev–Trinajstić information content (AvgIpc) is 2.64. The van der Waals surface area contributed by atoms with Crippen molar-refractivity contribution in [3.8, 4) is 5.75 Å². The summed E-state index contributed by atoms with van der Waals surface area (Å²) in [6.45, 7) is 2.26. The van der Waals surface area contributed by atoms with Crippen LogP contribution < -0.4 is 15.6 Å². The first kappa shape index (κ1) is 18.7. The molecule has 1 aromatic heterocycles. The molecule has 0 bridgehead atoms. The van der Waals surface area contributed by atoms with E-state index in [4.69, 9.17) is 16.3 Å². The van der Waals surface area contributed by atoms with Crippen LogP contribution in [0.5, 0.6) is 5.75 Å². The van der Waals surface area contributed by atoms with Crippen molar-refractivity contribution in [2.75, 3.05) is 12.4 Å². The van der Waals surface area contributed by atoms with Crippen molar-refractivity contribution >= 4 is 23.2 Å². The molecule has 3 rings (SSSR count). The van der Waals surface area contributed by atoms with Crippen molar-refractivity contribution in [3.05, 3.63) is 92.9 Å². The lowest BCUT2D eigenvalue weighted by Crippen LogP contribution is -2.22. The summed E-state index contributed by atoms with van der Waals surface area (Å²) in [5.74, 6) is 0.250. The van der Waals surface area contributed by atoms with Crippen LogP contribution in [0.2, 0.25) is 5.02 Å². The molecule has 138 valence electrons. The third-order valence-electron chi connectivity index (χ3n) is 4.09. The lowest BCUT2D eigenvalue weighted by molar-refractivity contribution is 0.102. The second-order valence-corrected chi connectivity index (χ2v) is 6.61. The number of hydrogen-bond acceptors (Lipinski definition) is 3. The third-order valence-corrected chi connectivity index (χ3v) is 4.33. The van der Waals surface area contributed by atoms with E-state index in [-0.39, 0.29) is 11.5 Å². The fourth-order valence-corrected chi connectivity index (χ4v) is 2.95. The second kappa shape index (κ2) is 8.10. The van der Waals surface area contributed by atoms with Crippen molar-refractivity contribution in [1.29, 1.82) is 0 Å². The number of pyridine rings is 1. The molecular formula is C21H19ClN2O3. The number of halogens is 1. The Morgan fingerprint density at radius 1 is 1.15 bits per heavy atom. The summed E-state index contributed by atoms with van der Waals surface area (Å²) in [5.41, 5.74) is 2.63. The molecule has 0 spiro atoms. The number of methoxy groups -OCH3 is 1. The lowest BCUT2D eigenvalue weighted by atomic mass is 10.2. The Morgan fingerprint density at radius 2 is 1.96 bits per heavy atom. The first-order valence-electron chi connectivity index (χ1n) is 8.37. The van der Waals surface area contributed by atoms with E-state index in [0.717, 1.165) is 11.1 Å². The zero-order valence-corrected chi connectivity index (χ0v) is 15.8. The van der Waals surface area contributed by atoms with Gasteiger partial charge in [-0.2, -0.15) is 0 Å². The van der Waals surface area contributed by atoms with Gasteiger partial charge in [0.05, 0.1) is 24.9 Å². The van der Waals surface area contributed by atoms with Gasteiger partial charge in [-0.25, -0.2) is 0 Å². The minimum Gasteiger partial charge on any atom is -0.495 e. The number of aryl methyl sites for hydroxylation is 1. The van der Waals surface area contributed by atoms with Gasteiger partial charge in [0.25, 0.3) is 11.5 Å². The number of aromatic nitrogens is 1. The monoisotopic (exact) mass is 382 g/mol. The number of anilines is 1. The van der Waals surface area contributed by atoms with Crippen LogP contribution in [0.15, 0.2) is 65.6 Å². The zero-order chi connectivity index (χ0) is 19.4. The van der Waals surface area contributed by atoms with Crippen molar-refractivity contribution < 1.29 is 9.53 Å². The summed E-state index contributed by atoms with van der Waals surface area (Å²) in [4.78, 5) is 24.8. The summed E-state index contributed by atoms with van der Waals surface area (Å²) in [7, 11) is 1.55. The number of nitrogens with one attached hydrogen (secondary N) is 1. The number of rotatable bonds is 5. The van der Waals surface area contributed by atoms with Crippen LogP contribution in [0.4, 0.5) is 5.69 Å². The van der Waals surface area contributed by atoms with E-state index in [0.29, 0.717) is 28.6 Å². The van der Waals surface area contributed by atoms with E-state index in [1.165, 1.54) is 16.7 Å². The van der Waals surface area contributed by atoms with Gasteiger partial charge < -0.3 is 14.6 Å². The van der Waals surface area contributed by atoms with E-state index in [2.05, 4.69) is 5.32 Å². The molecule has 27 heavy (non-hydrogen) atoms. The van der Waals surface area contributed by atoms with Crippen LogP contribution in [0.1, 0.15) is 21.5 Å². The largest absolute Gasteiger partial charge is 0.495 e. The minimum atomic E-state index is -0.321. The smallest absolute Gasteiger partial charge is 0.257 e. The molecule has 1 amide bonds. The minimum absolute atomic E-state index is 0.195. The Bertz CT molecular complexity index is 1040. The van der Waals surface area contributed by atoms with Crippen LogP contribution in [0.3, 0.4) is 0 Å². The molecule has 5 nitrogen and oxygen atoms in total. The highest BCUT2D eigenvalue weighted by atomic mass is 35.5. The third kappa shape index (κ3) is 4.57. The summed E-state index contributed by atoms with van der Waals surface area (Å²) in [6, 6.07) is 15.7. The van der Waals surface area contributed by atoms with Gasteiger partial charge in [0.1, 0.15) is 5.75 Å². The van der Waals surface area contributed by atoms with Crippen molar-refractivity contribution in [2.45, 2.75) is 13.5 Å². The molecule has 1 N–H and O–H groups in total. The predicted octanol–water partition coefficient (Wildman–Crippen LogP) is 4.12. The highest BCUT2D eigenvalue weighted by Gasteiger charge is 2.12. The van der Waals surface area contributed by atoms with E-state index < -0.39 is 0 Å². The normalized spacial score (nSPS) is 10.5. The molecular weight excluding hydrogens is 364 g/mol. The van der Waals surface area contributed by atoms with Gasteiger partial charge in [-0.05, 0) is 48.4 Å². The Hall–Kier alpha value is -3.05. The maximum absolute atomic E-state index is 12.7. The molecule has 0 radical (unpaired) electrons. The molecule has 0 fully saturated rings. The van der Waals surface area contributed by atoms with Gasteiger partial charge in [-0.1, -0.05) is 29.8 Å². The molecule has 0 saturated heterocycles. The topological polar surface area (TPSA) is 60.3 Å². The molecule has 0 saturated carbocycles. The van der Waals surface area contributed by atoms with E-state index in [9.17, 15) is 9.59 Å². The van der Waals surface area contributed by atoms with E-state index in [1.54, 1.807) is 31.5 Å². The molecule has 0 atom stereocenters. The van der Waals surface area contributed by atoms with Gasteiger partial charge >= 0.3 is 0 Å². The molecule has 0 aliphatic carbocycles. The first-order chi connectivity index (χ1) is 13.0. The predicted molar refractivity (Wildman–Crippen MR) is 107 cm³/mol. The zero-order valence-electron chi connectivity index (χ0n) is 15.0. The average molecular weight is 383 g/mol. The van der Waals surface area contributed by atoms with Gasteiger partial charge in [0.15, 0.2) is 0 Å². The number of hydrogen-bond donors (Lipinski definition) is 1. The second-order valence-electron chi connectivity index (χ2n) is 6.17. The van der Waals surface area contributed by atoms with Crippen molar-refractivity contribution in [3.63, 3.8) is 0 Å². The van der Waals surface area contributed by atoms with Crippen LogP contribution in [0.25, 0.3) is 0 Å². The molecule has 1 heterocycles. The van der Waals surface area contributed by atoms with Gasteiger partial charge in [0.2, 0.25) is 0 Å². The van der Waals surface area contributed by atoms with Crippen LogP contribution in [0, 0.1) is 6.92 Å². The molecule has 0 aliphatic rings. The van der Waals surface area contributed by atoms with Crippen molar-refractivity contribution in [2.24, 2.45) is 0 Å². The van der Waals surface area contributed by atoms with Crippen LogP contribution in [-0.4, -0.2) is 17.6 Å². The van der Waals surface area contributed by atoms with Gasteiger partial charge in [-0.3, -0.25) is 9.59 Å². The lowest BCUT2D eigenvalue weighted by Gasteiger charge is -2.12. The highest BCUT2D eigenvalue weighted by Crippen LogP contribution is 2.25. The fraction of sp³-hybridized carbons (Fsp3) is 0.143. The highest BCUT2D eigenvalue weighted by molar-refractivity contribution is 6.30. The Labute approximate surface area is 162 Å². The SMILES string of the molecule is COc1ccc(C)cc1NC(=O)c1ccc(=O)n(Cc2cccc(Cl)c2)c1. The molecule has 0 aliphatic heterocycles. The van der Waals surface area contributed by atoms with Gasteiger partial charge in [0, 0.05) is 17.3 Å². The van der Waals surface area contributed by atoms with Crippen LogP contribution in [-0.2, 0) is 6.54 Å². The van der Waals surface area contributed by atoms with Crippen molar-refractivity contribution in [1.82, 2.24) is 4.57 Å². The Morgan fingerprint density at radius 3 is 2.70 bits per heavy atom. The van der Waals surface area contributed by atoms with E-state index in [1.807, 2.05) is 31.2 Å².